The van der Waals surface area contributed by atoms with Crippen molar-refractivity contribution in [3.63, 3.8) is 0 Å². The second-order valence-electron chi connectivity index (χ2n) is 9.33. The van der Waals surface area contributed by atoms with Crippen molar-refractivity contribution in [1.29, 1.82) is 5.26 Å². The molecule has 0 spiro atoms. The van der Waals surface area contributed by atoms with Crippen LogP contribution in [0, 0.1) is 29.9 Å². The van der Waals surface area contributed by atoms with Crippen molar-refractivity contribution in [3.8, 4) is 17.2 Å². The lowest BCUT2D eigenvalue weighted by atomic mass is 10.0. The minimum absolute atomic E-state index is 0.00305. The molecule has 206 valence electrons. The van der Waals surface area contributed by atoms with Crippen molar-refractivity contribution in [2.24, 2.45) is 0 Å². The second kappa shape index (κ2) is 10.9. The first-order valence-electron chi connectivity index (χ1n) is 12.5. The van der Waals surface area contributed by atoms with Crippen LogP contribution < -0.4 is 15.9 Å². The fourth-order valence-electron chi connectivity index (χ4n) is 4.76. The number of rotatable bonds is 6. The Morgan fingerprint density at radius 1 is 1.10 bits per heavy atom. The van der Waals surface area contributed by atoms with Crippen LogP contribution in [0.4, 0.5) is 23.4 Å². The van der Waals surface area contributed by atoms with Crippen molar-refractivity contribution in [2.45, 2.75) is 26.3 Å². The summed E-state index contributed by atoms with van der Waals surface area (Å²) in [5.41, 5.74) is -1.19. The zero-order valence-electron chi connectivity index (χ0n) is 21.6. The number of nitriles is 1. The van der Waals surface area contributed by atoms with E-state index in [0.717, 1.165) is 12.1 Å². The molecule has 1 N–H and O–H groups in total. The first-order valence-corrected chi connectivity index (χ1v) is 12.5. The van der Waals surface area contributed by atoms with Gasteiger partial charge in [-0.2, -0.15) is 5.26 Å². The fraction of sp³-hybridized carbons (Fsp3) is 0.286. The maximum absolute atomic E-state index is 15.2. The summed E-state index contributed by atoms with van der Waals surface area (Å²) in [6.07, 6.45) is -1.47. The molecular weight excluding hydrogens is 528 g/mol. The van der Waals surface area contributed by atoms with Crippen LogP contribution in [0.3, 0.4) is 0 Å². The molecule has 2 aromatic carbocycles. The average molecular weight is 553 g/mol. The van der Waals surface area contributed by atoms with Gasteiger partial charge in [-0.3, -0.25) is 4.79 Å². The van der Waals surface area contributed by atoms with E-state index in [1.54, 1.807) is 18.9 Å². The third-order valence-electron chi connectivity index (χ3n) is 6.74. The zero-order valence-corrected chi connectivity index (χ0v) is 21.6. The van der Waals surface area contributed by atoms with Gasteiger partial charge in [0.2, 0.25) is 0 Å². The lowest BCUT2D eigenvalue weighted by molar-refractivity contribution is 0.111. The Balaban J connectivity index is 1.74. The Bertz CT molecular complexity index is 1700. The number of pyridine rings is 1. The standard InChI is InChI=1S/C28H24F4N6O2/c1-15(18-4-3-5-19(24(18)30)26(31)32)34-27-21-14-38(37-8-10-40-11-9-37)28(39)23(25(21)35-16(2)36-27)20-12-17(13-33)6-7-22(20)29/h3-7,12,14-15,26H,8-11H2,1-2H3,(H,34,35,36)/t15-/m1/s1. The van der Waals surface area contributed by atoms with E-state index in [1.807, 2.05) is 6.07 Å². The van der Waals surface area contributed by atoms with Crippen molar-refractivity contribution in [2.75, 3.05) is 36.6 Å². The summed E-state index contributed by atoms with van der Waals surface area (Å²) >= 11 is 0. The quantitative estimate of drug-likeness (QED) is 0.337. The normalized spacial score (nSPS) is 14.4. The molecule has 0 bridgehead atoms. The molecule has 0 unspecified atom stereocenters. The van der Waals surface area contributed by atoms with Crippen LogP contribution in [-0.4, -0.2) is 40.9 Å². The number of morpholine rings is 1. The van der Waals surface area contributed by atoms with Gasteiger partial charge in [-0.05, 0) is 32.0 Å². The van der Waals surface area contributed by atoms with Gasteiger partial charge in [-0.1, -0.05) is 18.2 Å². The average Bonchev–Trinajstić information content (AvgIpc) is 2.93. The Kier molecular flexibility index (Phi) is 7.40. The Hall–Kier alpha value is -4.50. The highest BCUT2D eigenvalue weighted by atomic mass is 19.3. The molecule has 5 rings (SSSR count). The van der Waals surface area contributed by atoms with Crippen LogP contribution in [0.15, 0.2) is 47.4 Å². The maximum Gasteiger partial charge on any atom is 0.279 e. The number of benzene rings is 2. The molecular formula is C28H24F4N6O2. The number of nitrogens with one attached hydrogen (secondary N) is 1. The minimum Gasteiger partial charge on any atom is -0.378 e. The topological polar surface area (TPSA) is 96.1 Å². The summed E-state index contributed by atoms with van der Waals surface area (Å²) < 4.78 is 63.6. The van der Waals surface area contributed by atoms with E-state index in [0.29, 0.717) is 31.7 Å². The van der Waals surface area contributed by atoms with Crippen LogP contribution in [0.25, 0.3) is 22.0 Å². The predicted octanol–water partition coefficient (Wildman–Crippen LogP) is 5.00. The van der Waals surface area contributed by atoms with E-state index in [4.69, 9.17) is 4.74 Å². The number of anilines is 1. The van der Waals surface area contributed by atoms with Gasteiger partial charge in [0.05, 0.1) is 66.0 Å². The molecule has 8 nitrogen and oxygen atoms in total. The SMILES string of the molecule is Cc1nc(N[C@H](C)c2cccc(C(F)F)c2F)c2cn(N3CCOCC3)c(=O)c(-c3cc(C#N)ccc3F)c2n1. The Morgan fingerprint density at radius 3 is 2.52 bits per heavy atom. The Labute approximate surface area is 226 Å². The number of hydrogen-bond acceptors (Lipinski definition) is 7. The van der Waals surface area contributed by atoms with Gasteiger partial charge in [-0.25, -0.2) is 32.2 Å². The van der Waals surface area contributed by atoms with Gasteiger partial charge < -0.3 is 15.1 Å². The summed E-state index contributed by atoms with van der Waals surface area (Å²) in [6.45, 7) is 4.65. The molecule has 1 fully saturated rings. The third-order valence-corrected chi connectivity index (χ3v) is 6.74. The van der Waals surface area contributed by atoms with Crippen LogP contribution in [0.1, 0.15) is 41.9 Å². The van der Waals surface area contributed by atoms with E-state index in [-0.39, 0.29) is 39.4 Å². The minimum atomic E-state index is -2.99. The number of aromatic nitrogens is 3. The van der Waals surface area contributed by atoms with Gasteiger partial charge in [0, 0.05) is 17.3 Å². The summed E-state index contributed by atoms with van der Waals surface area (Å²) in [4.78, 5) is 22.8. The molecule has 0 radical (unpaired) electrons. The summed E-state index contributed by atoms with van der Waals surface area (Å²) in [5.74, 6) is -1.33. The first-order chi connectivity index (χ1) is 19.2. The number of alkyl halides is 2. The van der Waals surface area contributed by atoms with Crippen molar-refractivity contribution < 1.29 is 22.3 Å². The highest BCUT2D eigenvalue weighted by Crippen LogP contribution is 2.33. The highest BCUT2D eigenvalue weighted by molar-refractivity contribution is 5.98. The lowest BCUT2D eigenvalue weighted by Crippen LogP contribution is -2.49. The van der Waals surface area contributed by atoms with E-state index in [9.17, 15) is 23.2 Å². The van der Waals surface area contributed by atoms with Gasteiger partial charge in [0.1, 0.15) is 23.3 Å². The van der Waals surface area contributed by atoms with Gasteiger partial charge in [0.15, 0.2) is 0 Å². The van der Waals surface area contributed by atoms with Crippen molar-refractivity contribution in [1.82, 2.24) is 14.6 Å². The summed E-state index contributed by atoms with van der Waals surface area (Å²) in [5, 5.41) is 14.5. The molecule has 40 heavy (non-hydrogen) atoms. The van der Waals surface area contributed by atoms with E-state index >= 15 is 4.39 Å². The molecule has 0 aliphatic carbocycles. The number of aryl methyl sites for hydroxylation is 1. The first kappa shape index (κ1) is 27.1. The monoisotopic (exact) mass is 552 g/mol. The predicted molar refractivity (Wildman–Crippen MR) is 141 cm³/mol. The lowest BCUT2D eigenvalue weighted by Gasteiger charge is -2.31. The molecule has 2 aromatic heterocycles. The van der Waals surface area contributed by atoms with Crippen molar-refractivity contribution >= 4 is 16.7 Å². The molecule has 1 atom stereocenters. The van der Waals surface area contributed by atoms with Crippen LogP contribution in [0.2, 0.25) is 0 Å². The molecule has 12 heteroatoms. The molecule has 4 aromatic rings. The molecule has 0 amide bonds. The second-order valence-corrected chi connectivity index (χ2v) is 9.33. The largest absolute Gasteiger partial charge is 0.378 e. The molecule has 0 saturated carbocycles. The number of hydrogen-bond donors (Lipinski definition) is 1. The third kappa shape index (κ3) is 4.96. The fourth-order valence-corrected chi connectivity index (χ4v) is 4.76. The van der Waals surface area contributed by atoms with Crippen molar-refractivity contribution in [3.05, 3.63) is 87.1 Å². The van der Waals surface area contributed by atoms with Gasteiger partial charge in [-0.15, -0.1) is 0 Å². The molecule has 1 aliphatic rings. The van der Waals surface area contributed by atoms with Crippen LogP contribution in [-0.2, 0) is 4.74 Å². The number of fused-ring (bicyclic) bond motifs is 1. The zero-order chi connectivity index (χ0) is 28.6. The summed E-state index contributed by atoms with van der Waals surface area (Å²) in [7, 11) is 0. The van der Waals surface area contributed by atoms with Crippen LogP contribution in [0.5, 0.6) is 0 Å². The number of nitrogens with zero attached hydrogens (tertiary/aromatic N) is 5. The molecule has 1 aliphatic heterocycles. The van der Waals surface area contributed by atoms with E-state index in [2.05, 4.69) is 15.3 Å². The molecule has 1 saturated heterocycles. The molecule has 3 heterocycles. The smallest absolute Gasteiger partial charge is 0.279 e. The van der Waals surface area contributed by atoms with Crippen LogP contribution >= 0.6 is 0 Å². The highest BCUT2D eigenvalue weighted by Gasteiger charge is 2.25. The Morgan fingerprint density at radius 2 is 1.82 bits per heavy atom. The van der Waals surface area contributed by atoms with E-state index in [1.165, 1.54) is 35.1 Å². The van der Waals surface area contributed by atoms with Gasteiger partial charge >= 0.3 is 0 Å². The maximum atomic E-state index is 15.2. The number of ether oxygens (including phenoxy) is 1. The van der Waals surface area contributed by atoms with Gasteiger partial charge in [0.25, 0.3) is 12.0 Å². The number of halogens is 4. The summed E-state index contributed by atoms with van der Waals surface area (Å²) in [6, 6.07) is 8.61. The van der Waals surface area contributed by atoms with E-state index < -0.39 is 35.2 Å².